The Kier molecular flexibility index (Phi) is 2.42. The summed E-state index contributed by atoms with van der Waals surface area (Å²) in [4.78, 5) is 6.86. The van der Waals surface area contributed by atoms with E-state index < -0.39 is 17.0 Å². The number of rotatable bonds is 2. The number of benzene rings is 1. The van der Waals surface area contributed by atoms with Crippen LogP contribution in [-0.2, 0) is 5.41 Å². The molecule has 0 unspecified atom stereocenters. The van der Waals surface area contributed by atoms with Crippen LogP contribution in [-0.4, -0.2) is 21.7 Å². The first-order chi connectivity index (χ1) is 7.44. The number of imidazole rings is 1. The largest absolute Gasteiger partial charge is 0.395 e. The van der Waals surface area contributed by atoms with Crippen LogP contribution in [0.4, 0.5) is 8.78 Å². The molecule has 0 spiro atoms. The summed E-state index contributed by atoms with van der Waals surface area (Å²) in [6, 6.07) is 1.97. The van der Waals surface area contributed by atoms with Crippen molar-refractivity contribution >= 4 is 11.0 Å². The summed E-state index contributed by atoms with van der Waals surface area (Å²) in [7, 11) is 0. The Morgan fingerprint density at radius 1 is 1.38 bits per heavy atom. The molecule has 0 aliphatic heterocycles. The SMILES string of the molecule is CC(C)(CO)c1nc2c(F)cc(F)cc2[nH]1. The van der Waals surface area contributed by atoms with Gasteiger partial charge in [0.25, 0.3) is 0 Å². The van der Waals surface area contributed by atoms with Crippen LogP contribution in [0.5, 0.6) is 0 Å². The highest BCUT2D eigenvalue weighted by Gasteiger charge is 2.24. The zero-order chi connectivity index (χ0) is 11.9. The van der Waals surface area contributed by atoms with Crippen molar-refractivity contribution < 1.29 is 13.9 Å². The highest BCUT2D eigenvalue weighted by molar-refractivity contribution is 5.76. The Morgan fingerprint density at radius 3 is 2.69 bits per heavy atom. The molecule has 0 bridgehead atoms. The standard InChI is InChI=1S/C11H12F2N2O/c1-11(2,5-16)10-14-8-4-6(12)3-7(13)9(8)15-10/h3-4,16H,5H2,1-2H3,(H,14,15). The minimum Gasteiger partial charge on any atom is -0.395 e. The van der Waals surface area contributed by atoms with E-state index in [1.807, 2.05) is 0 Å². The maximum atomic E-state index is 13.4. The molecule has 0 aliphatic carbocycles. The summed E-state index contributed by atoms with van der Waals surface area (Å²) in [5.41, 5.74) is -0.214. The van der Waals surface area contributed by atoms with Gasteiger partial charge in [0.15, 0.2) is 5.82 Å². The van der Waals surface area contributed by atoms with Gasteiger partial charge in [-0.05, 0) is 6.07 Å². The van der Waals surface area contributed by atoms with Crippen molar-refractivity contribution in [3.05, 3.63) is 29.6 Å². The Bertz CT molecular complexity index is 534. The normalized spacial score (nSPS) is 12.3. The summed E-state index contributed by atoms with van der Waals surface area (Å²) in [6.07, 6.45) is 0. The van der Waals surface area contributed by atoms with Crippen LogP contribution in [0.25, 0.3) is 11.0 Å². The third-order valence-electron chi connectivity index (χ3n) is 2.54. The lowest BCUT2D eigenvalue weighted by atomic mass is 9.94. The third kappa shape index (κ3) is 1.67. The maximum Gasteiger partial charge on any atom is 0.153 e. The first-order valence-corrected chi connectivity index (χ1v) is 4.90. The summed E-state index contributed by atoms with van der Waals surface area (Å²) >= 11 is 0. The molecule has 16 heavy (non-hydrogen) atoms. The van der Waals surface area contributed by atoms with Crippen LogP contribution in [0.15, 0.2) is 12.1 Å². The molecule has 1 aromatic heterocycles. The molecule has 1 aromatic carbocycles. The van der Waals surface area contributed by atoms with Crippen molar-refractivity contribution in [3.8, 4) is 0 Å². The predicted molar refractivity (Wildman–Crippen MR) is 56.1 cm³/mol. The van der Waals surface area contributed by atoms with Crippen LogP contribution >= 0.6 is 0 Å². The van der Waals surface area contributed by atoms with E-state index in [1.54, 1.807) is 13.8 Å². The number of aromatic amines is 1. The number of halogens is 2. The Labute approximate surface area is 91.1 Å². The highest BCUT2D eigenvalue weighted by Crippen LogP contribution is 2.24. The van der Waals surface area contributed by atoms with E-state index in [0.717, 1.165) is 6.07 Å². The van der Waals surface area contributed by atoms with E-state index in [2.05, 4.69) is 9.97 Å². The third-order valence-corrected chi connectivity index (χ3v) is 2.54. The van der Waals surface area contributed by atoms with E-state index in [-0.39, 0.29) is 12.1 Å². The second-order valence-corrected chi connectivity index (χ2v) is 4.41. The minimum absolute atomic E-state index is 0.0953. The topological polar surface area (TPSA) is 48.9 Å². The molecule has 0 aliphatic rings. The zero-order valence-electron chi connectivity index (χ0n) is 9.01. The molecule has 1 heterocycles. The van der Waals surface area contributed by atoms with Crippen LogP contribution in [0, 0.1) is 11.6 Å². The molecule has 0 saturated carbocycles. The molecule has 0 saturated heterocycles. The molecule has 5 heteroatoms. The van der Waals surface area contributed by atoms with Gasteiger partial charge in [-0.2, -0.15) is 0 Å². The molecular formula is C11H12F2N2O. The number of H-pyrrole nitrogens is 1. The molecule has 2 aromatic rings. The molecule has 3 nitrogen and oxygen atoms in total. The van der Waals surface area contributed by atoms with E-state index in [0.29, 0.717) is 11.3 Å². The fraction of sp³-hybridized carbons (Fsp3) is 0.364. The first kappa shape index (κ1) is 11.0. The molecule has 0 atom stereocenters. The number of aliphatic hydroxyl groups is 1. The van der Waals surface area contributed by atoms with Gasteiger partial charge in [0.2, 0.25) is 0 Å². The van der Waals surface area contributed by atoms with E-state index in [1.165, 1.54) is 6.07 Å². The highest BCUT2D eigenvalue weighted by atomic mass is 19.1. The van der Waals surface area contributed by atoms with Crippen molar-refractivity contribution in [3.63, 3.8) is 0 Å². The molecule has 2 N–H and O–H groups in total. The average molecular weight is 226 g/mol. The van der Waals surface area contributed by atoms with Gasteiger partial charge in [-0.1, -0.05) is 13.8 Å². The van der Waals surface area contributed by atoms with Gasteiger partial charge in [-0.15, -0.1) is 0 Å². The molecule has 0 fully saturated rings. The van der Waals surface area contributed by atoms with Crippen LogP contribution in [0.1, 0.15) is 19.7 Å². The van der Waals surface area contributed by atoms with Crippen molar-refractivity contribution in [2.45, 2.75) is 19.3 Å². The summed E-state index contributed by atoms with van der Waals surface area (Å²) in [6.45, 7) is 3.40. The van der Waals surface area contributed by atoms with Gasteiger partial charge in [-0.3, -0.25) is 0 Å². The summed E-state index contributed by atoms with van der Waals surface area (Å²) < 4.78 is 26.3. The Balaban J connectivity index is 2.65. The van der Waals surface area contributed by atoms with Gasteiger partial charge in [0.05, 0.1) is 12.1 Å². The van der Waals surface area contributed by atoms with E-state index >= 15 is 0 Å². The molecule has 2 rings (SSSR count). The number of fused-ring (bicyclic) bond motifs is 1. The van der Waals surface area contributed by atoms with Gasteiger partial charge in [0, 0.05) is 11.5 Å². The molecule has 0 amide bonds. The Morgan fingerprint density at radius 2 is 2.06 bits per heavy atom. The molecule has 86 valence electrons. The van der Waals surface area contributed by atoms with E-state index in [4.69, 9.17) is 5.11 Å². The fourth-order valence-electron chi connectivity index (χ4n) is 1.44. The van der Waals surface area contributed by atoms with Crippen molar-refractivity contribution in [1.82, 2.24) is 9.97 Å². The van der Waals surface area contributed by atoms with Crippen molar-refractivity contribution in [2.24, 2.45) is 0 Å². The van der Waals surface area contributed by atoms with Gasteiger partial charge < -0.3 is 10.1 Å². The zero-order valence-corrected chi connectivity index (χ0v) is 9.01. The molecule has 0 radical (unpaired) electrons. The summed E-state index contributed by atoms with van der Waals surface area (Å²) in [5.74, 6) is -0.914. The van der Waals surface area contributed by atoms with E-state index in [9.17, 15) is 8.78 Å². The van der Waals surface area contributed by atoms with Gasteiger partial charge in [-0.25, -0.2) is 13.8 Å². The first-order valence-electron chi connectivity index (χ1n) is 4.90. The number of aliphatic hydroxyl groups excluding tert-OH is 1. The monoisotopic (exact) mass is 226 g/mol. The average Bonchev–Trinajstić information content (AvgIpc) is 2.62. The fourth-order valence-corrected chi connectivity index (χ4v) is 1.44. The predicted octanol–water partition coefficient (Wildman–Crippen LogP) is 2.11. The molecular weight excluding hydrogens is 214 g/mol. The Hall–Kier alpha value is -1.49. The van der Waals surface area contributed by atoms with Crippen molar-refractivity contribution in [1.29, 1.82) is 0 Å². The maximum absolute atomic E-state index is 13.4. The number of hydrogen-bond donors (Lipinski definition) is 2. The lowest BCUT2D eigenvalue weighted by Gasteiger charge is -2.17. The summed E-state index contributed by atoms with van der Waals surface area (Å²) in [5, 5.41) is 9.17. The second-order valence-electron chi connectivity index (χ2n) is 4.41. The number of aromatic nitrogens is 2. The van der Waals surface area contributed by atoms with Crippen LogP contribution in [0.3, 0.4) is 0 Å². The lowest BCUT2D eigenvalue weighted by Crippen LogP contribution is -2.23. The van der Waals surface area contributed by atoms with Crippen LogP contribution in [0.2, 0.25) is 0 Å². The van der Waals surface area contributed by atoms with Gasteiger partial charge >= 0.3 is 0 Å². The number of nitrogens with one attached hydrogen (secondary N) is 1. The van der Waals surface area contributed by atoms with Gasteiger partial charge in [0.1, 0.15) is 17.2 Å². The van der Waals surface area contributed by atoms with Crippen LogP contribution < -0.4 is 0 Å². The second kappa shape index (κ2) is 3.52. The number of hydrogen-bond acceptors (Lipinski definition) is 2. The lowest BCUT2D eigenvalue weighted by molar-refractivity contribution is 0.212. The smallest absolute Gasteiger partial charge is 0.153 e. The quantitative estimate of drug-likeness (QED) is 0.823. The van der Waals surface area contributed by atoms with Crippen molar-refractivity contribution in [2.75, 3.05) is 6.61 Å². The number of nitrogens with zero attached hydrogens (tertiary/aromatic N) is 1. The minimum atomic E-state index is -0.703.